The first kappa shape index (κ1) is 19.0. The van der Waals surface area contributed by atoms with Gasteiger partial charge in [0.2, 0.25) is 0 Å². The van der Waals surface area contributed by atoms with Crippen molar-refractivity contribution in [1.82, 2.24) is 9.88 Å². The van der Waals surface area contributed by atoms with Gasteiger partial charge in [-0.1, -0.05) is 6.92 Å². The number of rotatable bonds is 3. The van der Waals surface area contributed by atoms with E-state index in [9.17, 15) is 22.8 Å². The number of likely N-dealkylation sites (tertiary alicyclic amines) is 1. The highest BCUT2D eigenvalue weighted by atomic mass is 19.4. The van der Waals surface area contributed by atoms with E-state index >= 15 is 0 Å². The maximum atomic E-state index is 12.3. The van der Waals surface area contributed by atoms with Crippen LogP contribution in [0.25, 0.3) is 0 Å². The fraction of sp³-hybridized carbons (Fsp3) is 0.562. The van der Waals surface area contributed by atoms with Crippen molar-refractivity contribution >= 4 is 11.9 Å². The Morgan fingerprint density at radius 3 is 2.68 bits per heavy atom. The van der Waals surface area contributed by atoms with Crippen molar-refractivity contribution in [3.8, 4) is 5.75 Å². The maximum Gasteiger partial charge on any atom is 0.422 e. The lowest BCUT2D eigenvalue weighted by atomic mass is 9.90. The fourth-order valence-corrected chi connectivity index (χ4v) is 2.78. The van der Waals surface area contributed by atoms with Crippen LogP contribution in [0.1, 0.15) is 31.4 Å². The minimum atomic E-state index is -4.68. The van der Waals surface area contributed by atoms with Gasteiger partial charge in [-0.25, -0.2) is 4.79 Å². The Balaban J connectivity index is 2.18. The number of ether oxygens (including phenoxy) is 2. The first-order valence-electron chi connectivity index (χ1n) is 7.74. The Kier molecular flexibility index (Phi) is 5.86. The summed E-state index contributed by atoms with van der Waals surface area (Å²) < 4.78 is 45.7. The van der Waals surface area contributed by atoms with Crippen LogP contribution in [-0.4, -0.2) is 48.2 Å². The standard InChI is InChI=1S/C16H19F3N2O4/c1-10-3-4-13(11-5-12(24-2)7-20-6-11)21(8-10)14(22)15(23)25-9-16(17,18)19/h5-7,10,13H,3-4,8-9H2,1-2H3. The number of halogens is 3. The number of piperidine rings is 1. The average molecular weight is 360 g/mol. The van der Waals surface area contributed by atoms with Gasteiger partial charge in [0.15, 0.2) is 6.61 Å². The van der Waals surface area contributed by atoms with Crippen LogP contribution >= 0.6 is 0 Å². The summed E-state index contributed by atoms with van der Waals surface area (Å²) in [7, 11) is 1.47. The molecule has 2 rings (SSSR count). The molecule has 0 spiro atoms. The van der Waals surface area contributed by atoms with Gasteiger partial charge in [0.05, 0.1) is 19.3 Å². The quantitative estimate of drug-likeness (QED) is 0.612. The van der Waals surface area contributed by atoms with Gasteiger partial charge in [0.25, 0.3) is 0 Å². The SMILES string of the molecule is COc1cncc(C2CCC(C)CN2C(=O)C(=O)OCC(F)(F)F)c1. The molecule has 1 aromatic heterocycles. The summed E-state index contributed by atoms with van der Waals surface area (Å²) in [5.74, 6) is -1.98. The number of methoxy groups -OCH3 is 1. The molecule has 2 atom stereocenters. The van der Waals surface area contributed by atoms with Crippen LogP contribution in [0, 0.1) is 5.92 Å². The molecule has 2 heterocycles. The van der Waals surface area contributed by atoms with Crippen LogP contribution < -0.4 is 4.74 Å². The Morgan fingerprint density at radius 1 is 1.32 bits per heavy atom. The molecule has 0 saturated carbocycles. The summed E-state index contributed by atoms with van der Waals surface area (Å²) in [5.41, 5.74) is 0.656. The first-order chi connectivity index (χ1) is 11.7. The smallest absolute Gasteiger partial charge is 0.422 e. The van der Waals surface area contributed by atoms with Gasteiger partial charge in [-0.3, -0.25) is 9.78 Å². The minimum absolute atomic E-state index is 0.120. The molecule has 0 N–H and O–H groups in total. The van der Waals surface area contributed by atoms with Crippen molar-refractivity contribution < 1.29 is 32.2 Å². The van der Waals surface area contributed by atoms with Crippen LogP contribution in [-0.2, 0) is 14.3 Å². The third-order valence-electron chi connectivity index (χ3n) is 3.97. The van der Waals surface area contributed by atoms with Gasteiger partial charge in [0, 0.05) is 12.7 Å². The number of carbonyl (C=O) groups is 2. The second kappa shape index (κ2) is 7.71. The second-order valence-electron chi connectivity index (χ2n) is 6.01. The monoisotopic (exact) mass is 360 g/mol. The predicted molar refractivity (Wildman–Crippen MR) is 80.7 cm³/mol. The number of nitrogens with zero attached hydrogens (tertiary/aromatic N) is 2. The summed E-state index contributed by atoms with van der Waals surface area (Å²) in [6.45, 7) is 0.371. The van der Waals surface area contributed by atoms with E-state index < -0.39 is 30.7 Å². The molecule has 138 valence electrons. The molecule has 1 saturated heterocycles. The summed E-state index contributed by atoms with van der Waals surface area (Å²) in [6.07, 6.45) is -0.262. The third-order valence-corrected chi connectivity index (χ3v) is 3.97. The van der Waals surface area contributed by atoms with E-state index in [4.69, 9.17) is 4.74 Å². The summed E-state index contributed by atoms with van der Waals surface area (Å²) in [6, 6.07) is 1.22. The zero-order chi connectivity index (χ0) is 18.6. The zero-order valence-electron chi connectivity index (χ0n) is 13.9. The van der Waals surface area contributed by atoms with E-state index in [1.165, 1.54) is 18.2 Å². The number of carbonyl (C=O) groups excluding carboxylic acids is 2. The highest BCUT2D eigenvalue weighted by molar-refractivity contribution is 6.32. The largest absolute Gasteiger partial charge is 0.495 e. The maximum absolute atomic E-state index is 12.3. The summed E-state index contributed by atoms with van der Waals surface area (Å²) in [4.78, 5) is 29.4. The Labute approximate surface area is 142 Å². The molecule has 1 fully saturated rings. The Bertz CT molecular complexity index is 636. The predicted octanol–water partition coefficient (Wildman–Crippen LogP) is 2.50. The Hall–Kier alpha value is -2.32. The summed E-state index contributed by atoms with van der Waals surface area (Å²) in [5, 5.41) is 0. The van der Waals surface area contributed by atoms with E-state index in [1.54, 1.807) is 12.3 Å². The minimum Gasteiger partial charge on any atom is -0.495 e. The van der Waals surface area contributed by atoms with Crippen LogP contribution in [0.3, 0.4) is 0 Å². The van der Waals surface area contributed by atoms with E-state index in [2.05, 4.69) is 9.72 Å². The van der Waals surface area contributed by atoms with E-state index in [1.807, 2.05) is 6.92 Å². The number of pyridine rings is 1. The molecule has 1 aromatic rings. The molecule has 0 bridgehead atoms. The molecule has 1 aliphatic heterocycles. The van der Waals surface area contributed by atoms with Crippen molar-refractivity contribution in [3.05, 3.63) is 24.0 Å². The topological polar surface area (TPSA) is 68.7 Å². The number of hydrogen-bond donors (Lipinski definition) is 0. The lowest BCUT2D eigenvalue weighted by Crippen LogP contribution is -2.45. The highest BCUT2D eigenvalue weighted by Crippen LogP contribution is 2.34. The van der Waals surface area contributed by atoms with Gasteiger partial charge < -0.3 is 14.4 Å². The highest BCUT2D eigenvalue weighted by Gasteiger charge is 2.37. The number of esters is 1. The average Bonchev–Trinajstić information content (AvgIpc) is 2.58. The normalized spacial score (nSPS) is 20.9. The van der Waals surface area contributed by atoms with Gasteiger partial charge in [-0.2, -0.15) is 13.2 Å². The fourth-order valence-electron chi connectivity index (χ4n) is 2.78. The van der Waals surface area contributed by atoms with Crippen molar-refractivity contribution in [2.45, 2.75) is 32.0 Å². The van der Waals surface area contributed by atoms with E-state index in [0.717, 1.165) is 6.42 Å². The molecule has 0 aromatic carbocycles. The molecule has 25 heavy (non-hydrogen) atoms. The molecule has 1 aliphatic rings. The van der Waals surface area contributed by atoms with Crippen molar-refractivity contribution in [2.24, 2.45) is 5.92 Å². The molecule has 0 radical (unpaired) electrons. The molecular weight excluding hydrogens is 341 g/mol. The number of amides is 1. The van der Waals surface area contributed by atoms with Crippen LogP contribution in [0.15, 0.2) is 18.5 Å². The molecule has 2 unspecified atom stereocenters. The molecule has 0 aliphatic carbocycles. The third kappa shape index (κ3) is 5.07. The zero-order valence-corrected chi connectivity index (χ0v) is 13.9. The van der Waals surface area contributed by atoms with Gasteiger partial charge >= 0.3 is 18.1 Å². The van der Waals surface area contributed by atoms with E-state index in [-0.39, 0.29) is 12.5 Å². The van der Waals surface area contributed by atoms with Crippen molar-refractivity contribution in [2.75, 3.05) is 20.3 Å². The number of hydrogen-bond acceptors (Lipinski definition) is 5. The van der Waals surface area contributed by atoms with Crippen molar-refractivity contribution in [1.29, 1.82) is 0 Å². The molecule has 9 heteroatoms. The molecule has 1 amide bonds. The van der Waals surface area contributed by atoms with Crippen LogP contribution in [0.4, 0.5) is 13.2 Å². The van der Waals surface area contributed by atoms with Gasteiger partial charge in [0.1, 0.15) is 5.75 Å². The van der Waals surface area contributed by atoms with E-state index in [0.29, 0.717) is 17.7 Å². The first-order valence-corrected chi connectivity index (χ1v) is 7.74. The number of alkyl halides is 3. The van der Waals surface area contributed by atoms with Crippen molar-refractivity contribution in [3.63, 3.8) is 0 Å². The number of aromatic nitrogens is 1. The molecular formula is C16H19F3N2O4. The lowest BCUT2D eigenvalue weighted by molar-refractivity contribution is -0.190. The van der Waals surface area contributed by atoms with Gasteiger partial charge in [-0.05, 0) is 30.4 Å². The Morgan fingerprint density at radius 2 is 2.04 bits per heavy atom. The second-order valence-corrected chi connectivity index (χ2v) is 6.01. The molecule has 6 nitrogen and oxygen atoms in total. The lowest BCUT2D eigenvalue weighted by Gasteiger charge is -2.38. The summed E-state index contributed by atoms with van der Waals surface area (Å²) >= 11 is 0. The van der Waals surface area contributed by atoms with Gasteiger partial charge in [-0.15, -0.1) is 0 Å². The van der Waals surface area contributed by atoms with Crippen LogP contribution in [0.5, 0.6) is 5.75 Å². The van der Waals surface area contributed by atoms with Crippen LogP contribution in [0.2, 0.25) is 0 Å².